The van der Waals surface area contributed by atoms with E-state index in [-0.39, 0.29) is 11.7 Å². The number of rotatable bonds is 7. The van der Waals surface area contributed by atoms with Crippen LogP contribution in [0.1, 0.15) is 42.6 Å². The van der Waals surface area contributed by atoms with Gasteiger partial charge in [0.15, 0.2) is 11.7 Å². The van der Waals surface area contributed by atoms with Crippen molar-refractivity contribution in [1.82, 2.24) is 16.2 Å². The van der Waals surface area contributed by atoms with Crippen LogP contribution >= 0.6 is 28.1 Å². The zero-order valence-corrected chi connectivity index (χ0v) is 19.4. The van der Waals surface area contributed by atoms with Gasteiger partial charge in [0, 0.05) is 5.56 Å². The number of amides is 2. The molecule has 0 fully saturated rings. The third kappa shape index (κ3) is 7.31. The first-order chi connectivity index (χ1) is 14.3. The maximum absolute atomic E-state index is 12.2. The van der Waals surface area contributed by atoms with Crippen LogP contribution in [0.4, 0.5) is 0 Å². The van der Waals surface area contributed by atoms with Crippen molar-refractivity contribution >= 4 is 45.1 Å². The zero-order valence-electron chi connectivity index (χ0n) is 17.0. The molecule has 2 rings (SSSR count). The van der Waals surface area contributed by atoms with Crippen LogP contribution in [-0.4, -0.2) is 30.1 Å². The first-order valence-corrected chi connectivity index (χ1v) is 10.6. The van der Waals surface area contributed by atoms with E-state index in [0.717, 1.165) is 10.0 Å². The van der Waals surface area contributed by atoms with E-state index in [0.29, 0.717) is 29.6 Å². The van der Waals surface area contributed by atoms with E-state index in [1.54, 1.807) is 30.3 Å². The molecule has 0 saturated carbocycles. The molecule has 0 aliphatic heterocycles. The van der Waals surface area contributed by atoms with E-state index < -0.39 is 11.8 Å². The Bertz CT molecular complexity index is 921. The molecule has 2 amide bonds. The second-order valence-corrected chi connectivity index (χ2v) is 7.81. The van der Waals surface area contributed by atoms with Crippen LogP contribution in [0.5, 0.6) is 11.5 Å². The topological polar surface area (TPSA) is 88.7 Å². The van der Waals surface area contributed by atoms with Crippen LogP contribution in [0.25, 0.3) is 0 Å². The second kappa shape index (κ2) is 11.5. The van der Waals surface area contributed by atoms with Crippen LogP contribution in [-0.2, 0) is 4.79 Å². The van der Waals surface area contributed by atoms with Gasteiger partial charge in [0.2, 0.25) is 0 Å². The lowest BCUT2D eigenvalue weighted by Gasteiger charge is -2.13. The number of nitrogens with one attached hydrogen (secondary N) is 3. The molecule has 0 saturated heterocycles. The SMILES string of the molecule is CCOc1cccc(C(=O)NC(=S)NNC(=O)COc2ccc(C(C)C)cc2Br)c1. The molecule has 3 N–H and O–H groups in total. The minimum atomic E-state index is -0.454. The summed E-state index contributed by atoms with van der Waals surface area (Å²) >= 11 is 8.47. The molecule has 0 heterocycles. The molecule has 0 spiro atoms. The highest BCUT2D eigenvalue weighted by atomic mass is 79.9. The molecule has 0 radical (unpaired) electrons. The van der Waals surface area contributed by atoms with Crippen LogP contribution in [0.3, 0.4) is 0 Å². The Morgan fingerprint density at radius 2 is 1.87 bits per heavy atom. The maximum Gasteiger partial charge on any atom is 0.276 e. The lowest BCUT2D eigenvalue weighted by atomic mass is 10.0. The summed E-state index contributed by atoms with van der Waals surface area (Å²) in [5.41, 5.74) is 6.40. The number of hydrogen-bond donors (Lipinski definition) is 3. The molecule has 30 heavy (non-hydrogen) atoms. The molecular formula is C21H24BrN3O4S. The normalized spacial score (nSPS) is 10.3. The van der Waals surface area contributed by atoms with Crippen molar-refractivity contribution in [1.29, 1.82) is 0 Å². The van der Waals surface area contributed by atoms with E-state index in [1.807, 2.05) is 19.1 Å². The lowest BCUT2D eigenvalue weighted by Crippen LogP contribution is -2.49. The fourth-order valence-corrected chi connectivity index (χ4v) is 3.05. The number of hydrazine groups is 1. The van der Waals surface area contributed by atoms with E-state index in [2.05, 4.69) is 45.9 Å². The second-order valence-electron chi connectivity index (χ2n) is 6.55. The summed E-state index contributed by atoms with van der Waals surface area (Å²) in [6, 6.07) is 12.4. The molecule has 0 aliphatic rings. The minimum absolute atomic E-state index is 0.0439. The number of hydrogen-bond acceptors (Lipinski definition) is 5. The summed E-state index contributed by atoms with van der Waals surface area (Å²) < 4.78 is 11.6. The first kappa shape index (κ1) is 23.6. The highest BCUT2D eigenvalue weighted by molar-refractivity contribution is 9.10. The van der Waals surface area contributed by atoms with Gasteiger partial charge >= 0.3 is 0 Å². The van der Waals surface area contributed by atoms with Crippen LogP contribution in [0, 0.1) is 0 Å². The average Bonchev–Trinajstić information content (AvgIpc) is 2.71. The van der Waals surface area contributed by atoms with Gasteiger partial charge in [-0.05, 0) is 76.9 Å². The Hall–Kier alpha value is -2.65. The van der Waals surface area contributed by atoms with Gasteiger partial charge in [0.1, 0.15) is 11.5 Å². The summed E-state index contributed by atoms with van der Waals surface area (Å²) in [6.45, 7) is 6.33. The predicted molar refractivity (Wildman–Crippen MR) is 123 cm³/mol. The van der Waals surface area contributed by atoms with Crippen LogP contribution < -0.4 is 25.6 Å². The molecule has 0 bridgehead atoms. The Balaban J connectivity index is 1.78. The summed E-state index contributed by atoms with van der Waals surface area (Å²) in [5.74, 6) is 0.654. The number of carbonyl (C=O) groups excluding carboxylic acids is 2. The number of thiocarbonyl (C=S) groups is 1. The third-order valence-corrected chi connectivity index (χ3v) is 4.75. The lowest BCUT2D eigenvalue weighted by molar-refractivity contribution is -0.123. The Labute approximate surface area is 189 Å². The number of carbonyl (C=O) groups is 2. The van der Waals surface area contributed by atoms with Crippen molar-refractivity contribution in [3.8, 4) is 11.5 Å². The molecule has 160 valence electrons. The van der Waals surface area contributed by atoms with Crippen LogP contribution in [0.15, 0.2) is 46.9 Å². The molecule has 2 aromatic rings. The molecule has 0 aliphatic carbocycles. The van der Waals surface area contributed by atoms with E-state index in [1.165, 1.54) is 0 Å². The van der Waals surface area contributed by atoms with Crippen molar-refractivity contribution in [3.05, 3.63) is 58.1 Å². The molecular weight excluding hydrogens is 470 g/mol. The highest BCUT2D eigenvalue weighted by Crippen LogP contribution is 2.28. The van der Waals surface area contributed by atoms with Crippen molar-refractivity contribution in [2.45, 2.75) is 26.7 Å². The zero-order chi connectivity index (χ0) is 22.1. The highest BCUT2D eigenvalue weighted by Gasteiger charge is 2.11. The van der Waals surface area contributed by atoms with Crippen molar-refractivity contribution in [2.24, 2.45) is 0 Å². The number of halogens is 1. The smallest absolute Gasteiger partial charge is 0.276 e. The molecule has 9 heteroatoms. The largest absolute Gasteiger partial charge is 0.494 e. The molecule has 7 nitrogen and oxygen atoms in total. The fourth-order valence-electron chi connectivity index (χ4n) is 2.40. The first-order valence-electron chi connectivity index (χ1n) is 9.35. The Kier molecular flexibility index (Phi) is 9.07. The van der Waals surface area contributed by atoms with Gasteiger partial charge in [0.25, 0.3) is 11.8 Å². The van der Waals surface area contributed by atoms with Gasteiger partial charge in [0.05, 0.1) is 11.1 Å². The summed E-state index contributed by atoms with van der Waals surface area (Å²) in [4.78, 5) is 24.2. The predicted octanol–water partition coefficient (Wildman–Crippen LogP) is 3.69. The average molecular weight is 494 g/mol. The molecule has 0 aromatic heterocycles. The fraction of sp³-hybridized carbons (Fsp3) is 0.286. The van der Waals surface area contributed by atoms with Crippen LogP contribution in [0.2, 0.25) is 0 Å². The summed E-state index contributed by atoms with van der Waals surface area (Å²) in [6.07, 6.45) is 0. The van der Waals surface area contributed by atoms with Gasteiger partial charge in [-0.15, -0.1) is 0 Å². The van der Waals surface area contributed by atoms with E-state index in [9.17, 15) is 9.59 Å². The third-order valence-electron chi connectivity index (χ3n) is 3.93. The Morgan fingerprint density at radius 3 is 2.53 bits per heavy atom. The molecule has 0 atom stereocenters. The molecule has 0 unspecified atom stereocenters. The number of ether oxygens (including phenoxy) is 2. The maximum atomic E-state index is 12.2. The van der Waals surface area contributed by atoms with Crippen molar-refractivity contribution < 1.29 is 19.1 Å². The summed E-state index contributed by atoms with van der Waals surface area (Å²) in [7, 11) is 0. The number of benzene rings is 2. The minimum Gasteiger partial charge on any atom is -0.494 e. The van der Waals surface area contributed by atoms with Gasteiger partial charge in [-0.3, -0.25) is 25.8 Å². The van der Waals surface area contributed by atoms with E-state index >= 15 is 0 Å². The quantitative estimate of drug-likeness (QED) is 0.402. The van der Waals surface area contributed by atoms with Gasteiger partial charge in [-0.1, -0.05) is 26.0 Å². The van der Waals surface area contributed by atoms with Crippen molar-refractivity contribution in [2.75, 3.05) is 13.2 Å². The van der Waals surface area contributed by atoms with Gasteiger partial charge in [-0.2, -0.15) is 0 Å². The Morgan fingerprint density at radius 1 is 1.10 bits per heavy atom. The monoisotopic (exact) mass is 493 g/mol. The standard InChI is InChI=1S/C21H24BrN3O4S/c1-4-28-16-7-5-6-15(10-16)20(27)23-21(30)25-24-19(26)12-29-18-9-8-14(13(2)3)11-17(18)22/h5-11,13H,4,12H2,1-3H3,(H,24,26)(H2,23,25,27,30). The van der Waals surface area contributed by atoms with Crippen molar-refractivity contribution in [3.63, 3.8) is 0 Å². The van der Waals surface area contributed by atoms with E-state index in [4.69, 9.17) is 21.7 Å². The van der Waals surface area contributed by atoms with Gasteiger partial charge in [-0.25, -0.2) is 0 Å². The summed E-state index contributed by atoms with van der Waals surface area (Å²) in [5, 5.41) is 2.44. The van der Waals surface area contributed by atoms with Gasteiger partial charge < -0.3 is 9.47 Å². The molecule has 2 aromatic carbocycles.